The molecular weight excluding hydrogens is 166 g/mol. The van der Waals surface area contributed by atoms with Crippen LogP contribution in [0.15, 0.2) is 0 Å². The van der Waals surface area contributed by atoms with Crippen LogP contribution in [-0.2, 0) is 0 Å². The van der Waals surface area contributed by atoms with Crippen LogP contribution in [0.3, 0.4) is 0 Å². The summed E-state index contributed by atoms with van der Waals surface area (Å²) in [6, 6.07) is 2.46. The van der Waals surface area contributed by atoms with E-state index >= 15 is 0 Å². The zero-order valence-corrected chi connectivity index (χ0v) is 8.95. The molecule has 0 aliphatic heterocycles. The molecule has 0 atom stereocenters. The first-order chi connectivity index (χ1) is 5.63. The lowest BCUT2D eigenvalue weighted by atomic mass is 9.69. The highest BCUT2D eigenvalue weighted by atomic mass is 32.2. The predicted octanol–water partition coefficient (Wildman–Crippen LogP) is 3.07. The van der Waals surface area contributed by atoms with Gasteiger partial charge in [-0.05, 0) is 30.4 Å². The van der Waals surface area contributed by atoms with Crippen LogP contribution in [0, 0.1) is 23.2 Å². The maximum atomic E-state index is 9.00. The maximum Gasteiger partial charge on any atom is 0.103 e. The van der Waals surface area contributed by atoms with Crippen LogP contribution in [0.1, 0.15) is 33.6 Å². The Kier molecular flexibility index (Phi) is 3.06. The Hall–Kier alpha value is -0.160. The van der Waals surface area contributed by atoms with E-state index in [-0.39, 0.29) is 4.75 Å². The Bertz CT molecular complexity index is 187. The fourth-order valence-electron chi connectivity index (χ4n) is 1.78. The highest BCUT2D eigenvalue weighted by Gasteiger charge is 2.45. The Labute approximate surface area is 79.5 Å². The lowest BCUT2D eigenvalue weighted by molar-refractivity contribution is 0.207. The molecule has 0 heterocycles. The van der Waals surface area contributed by atoms with Gasteiger partial charge >= 0.3 is 0 Å². The maximum absolute atomic E-state index is 9.00. The molecule has 1 rings (SSSR count). The zero-order chi connectivity index (χ0) is 9.19. The molecule has 0 aromatic carbocycles. The molecule has 0 bridgehead atoms. The second kappa shape index (κ2) is 3.70. The molecule has 0 aromatic rings. The highest BCUT2D eigenvalue weighted by Crippen LogP contribution is 2.50. The van der Waals surface area contributed by atoms with Gasteiger partial charge in [-0.2, -0.15) is 5.26 Å². The second-order valence-corrected chi connectivity index (χ2v) is 5.60. The van der Waals surface area contributed by atoms with Crippen molar-refractivity contribution in [1.29, 1.82) is 5.26 Å². The van der Waals surface area contributed by atoms with E-state index in [1.54, 1.807) is 0 Å². The molecule has 1 aliphatic carbocycles. The van der Waals surface area contributed by atoms with Crippen molar-refractivity contribution in [3.05, 3.63) is 0 Å². The minimum atomic E-state index is -0.0102. The number of rotatable bonds is 3. The lowest BCUT2D eigenvalue weighted by Gasteiger charge is -2.44. The Morgan fingerprint density at radius 3 is 2.50 bits per heavy atom. The third-order valence-electron chi connectivity index (χ3n) is 2.75. The smallest absolute Gasteiger partial charge is 0.103 e. The third kappa shape index (κ3) is 1.77. The molecule has 0 spiro atoms. The highest BCUT2D eigenvalue weighted by molar-refractivity contribution is 8.00. The molecule has 1 saturated carbocycles. The summed E-state index contributed by atoms with van der Waals surface area (Å²) in [4.78, 5) is 0. The van der Waals surface area contributed by atoms with Gasteiger partial charge < -0.3 is 0 Å². The minimum Gasteiger partial charge on any atom is -0.197 e. The summed E-state index contributed by atoms with van der Waals surface area (Å²) in [5, 5.41) is 9.00. The van der Waals surface area contributed by atoms with Gasteiger partial charge in [0, 0.05) is 0 Å². The summed E-state index contributed by atoms with van der Waals surface area (Å²) in [6.45, 7) is 6.64. The summed E-state index contributed by atoms with van der Waals surface area (Å²) >= 11 is 1.83. The fourth-order valence-corrected chi connectivity index (χ4v) is 3.06. The number of hydrogen-bond donors (Lipinski definition) is 0. The fraction of sp³-hybridized carbons (Fsp3) is 0.900. The molecule has 12 heavy (non-hydrogen) atoms. The first kappa shape index (κ1) is 9.92. The number of nitrogens with zero attached hydrogens (tertiary/aromatic N) is 1. The number of thioether (sulfide) groups is 1. The minimum absolute atomic E-state index is 0.0102. The van der Waals surface area contributed by atoms with Crippen molar-refractivity contribution in [3.63, 3.8) is 0 Å². The largest absolute Gasteiger partial charge is 0.197 e. The van der Waals surface area contributed by atoms with Crippen molar-refractivity contribution in [2.45, 2.75) is 38.4 Å². The molecular formula is C10H17NS. The van der Waals surface area contributed by atoms with Crippen LogP contribution < -0.4 is 0 Å². The standard InChI is InChI=1S/C10H17NS/c1-4-12-10(7-11)5-9(6-10)8(2)3/h8-9H,4-6H2,1-3H3. The van der Waals surface area contributed by atoms with Crippen molar-refractivity contribution in [2.75, 3.05) is 5.75 Å². The van der Waals surface area contributed by atoms with E-state index in [4.69, 9.17) is 5.26 Å². The van der Waals surface area contributed by atoms with E-state index in [9.17, 15) is 0 Å². The van der Waals surface area contributed by atoms with E-state index in [0.29, 0.717) is 0 Å². The van der Waals surface area contributed by atoms with Gasteiger partial charge in [-0.25, -0.2) is 0 Å². The van der Waals surface area contributed by atoms with Gasteiger partial charge in [-0.3, -0.25) is 0 Å². The molecule has 0 radical (unpaired) electrons. The molecule has 0 aromatic heterocycles. The molecule has 0 amide bonds. The summed E-state index contributed by atoms with van der Waals surface area (Å²) in [6.07, 6.45) is 2.22. The van der Waals surface area contributed by atoms with Gasteiger partial charge in [0.1, 0.15) is 4.75 Å². The summed E-state index contributed by atoms with van der Waals surface area (Å²) in [5.74, 6) is 2.62. The van der Waals surface area contributed by atoms with Crippen LogP contribution in [0.25, 0.3) is 0 Å². The third-order valence-corrected chi connectivity index (χ3v) is 4.02. The SMILES string of the molecule is CCSC1(C#N)CC(C(C)C)C1. The van der Waals surface area contributed by atoms with Crippen LogP contribution in [-0.4, -0.2) is 10.5 Å². The van der Waals surface area contributed by atoms with E-state index in [1.807, 2.05) is 11.8 Å². The Balaban J connectivity index is 2.42. The van der Waals surface area contributed by atoms with Gasteiger partial charge in [0.25, 0.3) is 0 Å². The van der Waals surface area contributed by atoms with Crippen LogP contribution >= 0.6 is 11.8 Å². The second-order valence-electron chi connectivity index (χ2n) is 3.95. The van der Waals surface area contributed by atoms with Gasteiger partial charge in [0.15, 0.2) is 0 Å². The van der Waals surface area contributed by atoms with Gasteiger partial charge in [-0.1, -0.05) is 20.8 Å². The molecule has 0 saturated heterocycles. The number of nitriles is 1. The van der Waals surface area contributed by atoms with E-state index in [2.05, 4.69) is 26.8 Å². The van der Waals surface area contributed by atoms with Crippen LogP contribution in [0.2, 0.25) is 0 Å². The molecule has 0 N–H and O–H groups in total. The van der Waals surface area contributed by atoms with Crippen LogP contribution in [0.5, 0.6) is 0 Å². The summed E-state index contributed by atoms with van der Waals surface area (Å²) in [7, 11) is 0. The molecule has 0 unspecified atom stereocenters. The molecule has 2 heteroatoms. The topological polar surface area (TPSA) is 23.8 Å². The average Bonchev–Trinajstić information content (AvgIpc) is 1.95. The van der Waals surface area contributed by atoms with E-state index in [0.717, 1.165) is 30.4 Å². The van der Waals surface area contributed by atoms with Gasteiger partial charge in [-0.15, -0.1) is 11.8 Å². The van der Waals surface area contributed by atoms with Gasteiger partial charge in [0.2, 0.25) is 0 Å². The lowest BCUT2D eigenvalue weighted by Crippen LogP contribution is -2.42. The summed E-state index contributed by atoms with van der Waals surface area (Å²) in [5.41, 5.74) is 0. The van der Waals surface area contributed by atoms with Crippen molar-refractivity contribution in [1.82, 2.24) is 0 Å². The normalized spacial score (nSPS) is 34.4. The van der Waals surface area contributed by atoms with Crippen molar-refractivity contribution in [2.24, 2.45) is 11.8 Å². The van der Waals surface area contributed by atoms with E-state index < -0.39 is 0 Å². The molecule has 1 aliphatic rings. The van der Waals surface area contributed by atoms with E-state index in [1.165, 1.54) is 0 Å². The van der Waals surface area contributed by atoms with Crippen molar-refractivity contribution < 1.29 is 0 Å². The zero-order valence-electron chi connectivity index (χ0n) is 8.13. The summed E-state index contributed by atoms with van der Waals surface area (Å²) < 4.78 is -0.0102. The van der Waals surface area contributed by atoms with Gasteiger partial charge in [0.05, 0.1) is 6.07 Å². The quantitative estimate of drug-likeness (QED) is 0.671. The number of hydrogen-bond acceptors (Lipinski definition) is 2. The monoisotopic (exact) mass is 183 g/mol. The average molecular weight is 183 g/mol. The van der Waals surface area contributed by atoms with Crippen LogP contribution in [0.4, 0.5) is 0 Å². The first-order valence-corrected chi connectivity index (χ1v) is 5.67. The molecule has 1 fully saturated rings. The van der Waals surface area contributed by atoms with Crippen molar-refractivity contribution in [3.8, 4) is 6.07 Å². The first-order valence-electron chi connectivity index (χ1n) is 4.69. The predicted molar refractivity (Wildman–Crippen MR) is 54.0 cm³/mol. The Morgan fingerprint density at radius 2 is 2.17 bits per heavy atom. The Morgan fingerprint density at radius 1 is 1.58 bits per heavy atom. The van der Waals surface area contributed by atoms with Crippen molar-refractivity contribution >= 4 is 11.8 Å². The molecule has 68 valence electrons. The molecule has 1 nitrogen and oxygen atoms in total.